The summed E-state index contributed by atoms with van der Waals surface area (Å²) in [7, 11) is 0. The molecule has 1 aromatic rings. The number of nitrogens with two attached hydrogens (primary N) is 1. The highest BCUT2D eigenvalue weighted by atomic mass is 35.5. The molecule has 17 heavy (non-hydrogen) atoms. The van der Waals surface area contributed by atoms with Crippen molar-refractivity contribution in [3.63, 3.8) is 0 Å². The fourth-order valence-corrected chi connectivity index (χ4v) is 2.22. The molecule has 0 spiro atoms. The molecule has 1 heterocycles. The van der Waals surface area contributed by atoms with E-state index in [-0.39, 0.29) is 0 Å². The minimum Gasteiger partial charge on any atom is -0.380 e. The van der Waals surface area contributed by atoms with Crippen molar-refractivity contribution >= 4 is 23.2 Å². The average Bonchev–Trinajstić information content (AvgIpc) is 2.33. The van der Waals surface area contributed by atoms with Gasteiger partial charge in [0, 0.05) is 18.2 Å². The number of halogens is 1. The molecule has 92 valence electrons. The van der Waals surface area contributed by atoms with Crippen molar-refractivity contribution < 1.29 is 4.79 Å². The number of carbonyl (C=O) groups excluding carboxylic acids is 1. The molecular formula is C12H16ClN3O. The molecule has 5 heteroatoms. The summed E-state index contributed by atoms with van der Waals surface area (Å²) in [5, 5.41) is 7.23. The van der Waals surface area contributed by atoms with Crippen LogP contribution in [0.3, 0.4) is 0 Å². The van der Waals surface area contributed by atoms with Crippen LogP contribution in [0.5, 0.6) is 0 Å². The first kappa shape index (κ1) is 12.2. The molecule has 1 atom stereocenters. The highest BCUT2D eigenvalue weighted by Gasteiger charge is 2.14. The molecule has 1 amide bonds. The average molecular weight is 254 g/mol. The number of carbonyl (C=O) groups is 1. The van der Waals surface area contributed by atoms with Gasteiger partial charge < -0.3 is 16.4 Å². The molecule has 2 rings (SSSR count). The van der Waals surface area contributed by atoms with Crippen LogP contribution in [0.2, 0.25) is 5.02 Å². The fourth-order valence-electron chi connectivity index (χ4n) is 1.98. The number of primary amides is 1. The second kappa shape index (κ2) is 5.38. The van der Waals surface area contributed by atoms with Crippen LogP contribution in [0.15, 0.2) is 18.2 Å². The third kappa shape index (κ3) is 3.11. The summed E-state index contributed by atoms with van der Waals surface area (Å²) >= 11 is 6.10. The van der Waals surface area contributed by atoms with Gasteiger partial charge in [0.05, 0.1) is 10.7 Å². The van der Waals surface area contributed by atoms with E-state index < -0.39 is 5.91 Å². The normalized spacial score (nSPS) is 19.9. The summed E-state index contributed by atoms with van der Waals surface area (Å²) in [6, 6.07) is 5.48. The molecule has 0 aromatic heterocycles. The lowest BCUT2D eigenvalue weighted by Gasteiger charge is -2.25. The lowest BCUT2D eigenvalue weighted by atomic mass is 10.1. The van der Waals surface area contributed by atoms with Gasteiger partial charge in [-0.1, -0.05) is 11.6 Å². The van der Waals surface area contributed by atoms with E-state index in [0.717, 1.165) is 31.6 Å². The van der Waals surface area contributed by atoms with Crippen LogP contribution < -0.4 is 16.4 Å². The highest BCUT2D eigenvalue weighted by Crippen LogP contribution is 2.24. The van der Waals surface area contributed by atoms with Crippen molar-refractivity contribution in [2.75, 3.05) is 18.4 Å². The number of amides is 1. The summed E-state index contributed by atoms with van der Waals surface area (Å²) in [4.78, 5) is 11.0. The third-order valence-electron chi connectivity index (χ3n) is 2.91. The smallest absolute Gasteiger partial charge is 0.248 e. The van der Waals surface area contributed by atoms with Gasteiger partial charge in [-0.15, -0.1) is 0 Å². The maximum atomic E-state index is 11.0. The largest absolute Gasteiger partial charge is 0.380 e. The van der Waals surface area contributed by atoms with Gasteiger partial charge in [0.2, 0.25) is 5.91 Å². The quantitative estimate of drug-likeness (QED) is 0.767. The van der Waals surface area contributed by atoms with Gasteiger partial charge in [0.25, 0.3) is 0 Å². The number of anilines is 1. The van der Waals surface area contributed by atoms with Crippen LogP contribution in [0.25, 0.3) is 0 Å². The molecule has 1 aliphatic heterocycles. The monoisotopic (exact) mass is 253 g/mol. The van der Waals surface area contributed by atoms with Gasteiger partial charge in [0.1, 0.15) is 0 Å². The maximum absolute atomic E-state index is 11.0. The Hall–Kier alpha value is -1.26. The molecule has 0 bridgehead atoms. The van der Waals surface area contributed by atoms with Crippen LogP contribution in [-0.4, -0.2) is 25.0 Å². The summed E-state index contributed by atoms with van der Waals surface area (Å²) in [5.41, 5.74) is 6.47. The molecule has 4 nitrogen and oxygen atoms in total. The standard InChI is InChI=1S/C12H16ClN3O/c13-10-6-8(12(14)17)3-4-11(10)16-9-2-1-5-15-7-9/h3-4,6,9,15-16H,1-2,5,7H2,(H2,14,17). The number of hydrogen-bond acceptors (Lipinski definition) is 3. The predicted molar refractivity (Wildman–Crippen MR) is 69.5 cm³/mol. The Morgan fingerprint density at radius 2 is 2.35 bits per heavy atom. The Bertz CT molecular complexity index is 416. The van der Waals surface area contributed by atoms with Crippen molar-refractivity contribution in [2.45, 2.75) is 18.9 Å². The molecule has 1 fully saturated rings. The topological polar surface area (TPSA) is 67.2 Å². The zero-order valence-electron chi connectivity index (χ0n) is 9.50. The molecule has 1 aromatic carbocycles. The van der Waals surface area contributed by atoms with Gasteiger partial charge in [0.15, 0.2) is 0 Å². The lowest BCUT2D eigenvalue weighted by molar-refractivity contribution is 0.100. The first-order valence-corrected chi connectivity index (χ1v) is 6.11. The first-order chi connectivity index (χ1) is 8.16. The van der Waals surface area contributed by atoms with Crippen molar-refractivity contribution in [3.05, 3.63) is 28.8 Å². The van der Waals surface area contributed by atoms with Crippen molar-refractivity contribution in [1.29, 1.82) is 0 Å². The number of piperidine rings is 1. The van der Waals surface area contributed by atoms with E-state index in [1.54, 1.807) is 18.2 Å². The van der Waals surface area contributed by atoms with E-state index >= 15 is 0 Å². The highest BCUT2D eigenvalue weighted by molar-refractivity contribution is 6.33. The first-order valence-electron chi connectivity index (χ1n) is 5.73. The number of rotatable bonds is 3. The maximum Gasteiger partial charge on any atom is 0.248 e. The Balaban J connectivity index is 2.08. The van der Waals surface area contributed by atoms with Gasteiger partial charge in [-0.2, -0.15) is 0 Å². The van der Waals surface area contributed by atoms with E-state index in [1.165, 1.54) is 0 Å². The van der Waals surface area contributed by atoms with Crippen LogP contribution in [0, 0.1) is 0 Å². The van der Waals surface area contributed by atoms with Crippen LogP contribution in [0.1, 0.15) is 23.2 Å². The van der Waals surface area contributed by atoms with E-state index in [1.807, 2.05) is 0 Å². The molecule has 4 N–H and O–H groups in total. The zero-order valence-corrected chi connectivity index (χ0v) is 10.3. The van der Waals surface area contributed by atoms with E-state index in [4.69, 9.17) is 17.3 Å². The zero-order chi connectivity index (χ0) is 12.3. The fraction of sp³-hybridized carbons (Fsp3) is 0.417. The summed E-state index contributed by atoms with van der Waals surface area (Å²) in [6.07, 6.45) is 2.29. The van der Waals surface area contributed by atoms with Gasteiger partial charge in [-0.05, 0) is 37.6 Å². The second-order valence-corrected chi connectivity index (χ2v) is 4.65. The minimum absolute atomic E-state index is 0.390. The Kier molecular flexibility index (Phi) is 3.86. The number of benzene rings is 1. The SMILES string of the molecule is NC(=O)c1ccc(NC2CCCNC2)c(Cl)c1. The molecule has 1 unspecified atom stereocenters. The van der Waals surface area contributed by atoms with Crippen LogP contribution in [0.4, 0.5) is 5.69 Å². The van der Waals surface area contributed by atoms with E-state index in [0.29, 0.717) is 16.6 Å². The Morgan fingerprint density at radius 3 is 2.94 bits per heavy atom. The molecule has 0 aliphatic carbocycles. The third-order valence-corrected chi connectivity index (χ3v) is 3.22. The second-order valence-electron chi connectivity index (χ2n) is 4.25. The van der Waals surface area contributed by atoms with E-state index in [9.17, 15) is 4.79 Å². The van der Waals surface area contributed by atoms with Gasteiger partial charge >= 0.3 is 0 Å². The van der Waals surface area contributed by atoms with Crippen molar-refractivity contribution in [3.8, 4) is 0 Å². The van der Waals surface area contributed by atoms with Crippen LogP contribution >= 0.6 is 11.6 Å². The Labute approximate surface area is 106 Å². The molecule has 1 aliphatic rings. The molecule has 0 saturated carbocycles. The minimum atomic E-state index is -0.460. The lowest BCUT2D eigenvalue weighted by Crippen LogP contribution is -2.38. The predicted octanol–water partition coefficient (Wildman–Crippen LogP) is 1.60. The van der Waals surface area contributed by atoms with Crippen LogP contribution in [-0.2, 0) is 0 Å². The van der Waals surface area contributed by atoms with Gasteiger partial charge in [-0.25, -0.2) is 0 Å². The summed E-state index contributed by atoms with van der Waals surface area (Å²) in [5.74, 6) is -0.460. The van der Waals surface area contributed by atoms with Crippen molar-refractivity contribution in [1.82, 2.24) is 5.32 Å². The Morgan fingerprint density at radius 1 is 1.53 bits per heavy atom. The summed E-state index contributed by atoms with van der Waals surface area (Å²) < 4.78 is 0. The molecule has 1 saturated heterocycles. The number of nitrogens with one attached hydrogen (secondary N) is 2. The summed E-state index contributed by atoms with van der Waals surface area (Å²) in [6.45, 7) is 2.01. The molecular weight excluding hydrogens is 238 g/mol. The van der Waals surface area contributed by atoms with Gasteiger partial charge in [-0.3, -0.25) is 4.79 Å². The van der Waals surface area contributed by atoms with Crippen molar-refractivity contribution in [2.24, 2.45) is 5.73 Å². The molecule has 0 radical (unpaired) electrons. The number of hydrogen-bond donors (Lipinski definition) is 3. The van der Waals surface area contributed by atoms with E-state index in [2.05, 4.69) is 10.6 Å².